The molecular weight excluding hydrogens is 338 g/mol. The van der Waals surface area contributed by atoms with E-state index in [0.29, 0.717) is 29.0 Å². The van der Waals surface area contributed by atoms with Gasteiger partial charge in [0.2, 0.25) is 0 Å². The van der Waals surface area contributed by atoms with Crippen LogP contribution < -0.4 is 10.2 Å². The Morgan fingerprint density at radius 2 is 2.20 bits per heavy atom. The quantitative estimate of drug-likeness (QED) is 0.859. The van der Waals surface area contributed by atoms with Crippen molar-refractivity contribution < 1.29 is 9.59 Å². The number of carbonyl (C=O) groups excluding carboxylic acids is 2. The summed E-state index contributed by atoms with van der Waals surface area (Å²) < 4.78 is 0. The molecule has 0 spiro atoms. The second-order valence-corrected chi connectivity index (χ2v) is 7.38. The predicted molar refractivity (Wildman–Crippen MR) is 94.6 cm³/mol. The highest BCUT2D eigenvalue weighted by Crippen LogP contribution is 2.32. The third-order valence-corrected chi connectivity index (χ3v) is 5.41. The van der Waals surface area contributed by atoms with Crippen molar-refractivity contribution >= 4 is 28.4 Å². The van der Waals surface area contributed by atoms with Gasteiger partial charge in [0.25, 0.3) is 5.91 Å². The van der Waals surface area contributed by atoms with E-state index < -0.39 is 0 Å². The van der Waals surface area contributed by atoms with Gasteiger partial charge >= 0.3 is 6.03 Å². The van der Waals surface area contributed by atoms with Gasteiger partial charge in [-0.25, -0.2) is 9.78 Å². The van der Waals surface area contributed by atoms with Crippen LogP contribution in [0.4, 0.5) is 9.93 Å². The van der Waals surface area contributed by atoms with Gasteiger partial charge < -0.3 is 10.2 Å². The van der Waals surface area contributed by atoms with Gasteiger partial charge in [-0.1, -0.05) is 17.4 Å². The number of carbonyl (C=O) groups is 2. The second-order valence-electron chi connectivity index (χ2n) is 6.37. The van der Waals surface area contributed by atoms with E-state index in [4.69, 9.17) is 0 Å². The molecule has 1 saturated heterocycles. The Balaban J connectivity index is 1.36. The molecule has 0 radical (unpaired) electrons. The van der Waals surface area contributed by atoms with E-state index in [1.807, 2.05) is 17.0 Å². The van der Waals surface area contributed by atoms with Gasteiger partial charge in [-0.05, 0) is 30.4 Å². The van der Waals surface area contributed by atoms with Crippen LogP contribution in [0.5, 0.6) is 0 Å². The Labute approximate surface area is 149 Å². The fraction of sp³-hybridized carbons (Fsp3) is 0.412. The van der Waals surface area contributed by atoms with E-state index in [2.05, 4.69) is 15.3 Å². The van der Waals surface area contributed by atoms with E-state index in [1.165, 1.54) is 30.4 Å². The zero-order chi connectivity index (χ0) is 17.2. The highest BCUT2D eigenvalue weighted by molar-refractivity contribution is 7.17. The Morgan fingerprint density at radius 3 is 2.96 bits per heavy atom. The lowest BCUT2D eigenvalue weighted by molar-refractivity contribution is 0.0954. The van der Waals surface area contributed by atoms with E-state index in [1.54, 1.807) is 17.3 Å². The van der Waals surface area contributed by atoms with E-state index in [-0.39, 0.29) is 11.9 Å². The third-order valence-electron chi connectivity index (χ3n) is 4.39. The number of hydrogen-bond acceptors (Lipinski definition) is 5. The number of rotatable bonds is 6. The molecule has 0 aromatic carbocycles. The van der Waals surface area contributed by atoms with Crippen LogP contribution in [-0.2, 0) is 6.54 Å². The van der Waals surface area contributed by atoms with Crippen molar-refractivity contribution in [2.75, 3.05) is 24.5 Å². The third kappa shape index (κ3) is 3.63. The van der Waals surface area contributed by atoms with Gasteiger partial charge in [-0.15, -0.1) is 0 Å². The smallest absolute Gasteiger partial charge is 0.326 e. The van der Waals surface area contributed by atoms with Gasteiger partial charge in [0, 0.05) is 38.6 Å². The normalized spacial score (nSPS) is 17.2. The van der Waals surface area contributed by atoms with Gasteiger partial charge in [0.1, 0.15) is 4.88 Å². The summed E-state index contributed by atoms with van der Waals surface area (Å²) in [4.78, 5) is 37.1. The van der Waals surface area contributed by atoms with Crippen LogP contribution in [0.1, 0.15) is 28.1 Å². The molecule has 0 bridgehead atoms. The first kappa shape index (κ1) is 16.0. The van der Waals surface area contributed by atoms with Crippen molar-refractivity contribution in [2.24, 2.45) is 5.92 Å². The molecule has 1 saturated carbocycles. The van der Waals surface area contributed by atoms with Crippen molar-refractivity contribution in [1.29, 1.82) is 0 Å². The van der Waals surface area contributed by atoms with Gasteiger partial charge in [-0.3, -0.25) is 14.7 Å². The van der Waals surface area contributed by atoms with Gasteiger partial charge in [0.15, 0.2) is 5.13 Å². The van der Waals surface area contributed by atoms with Crippen LogP contribution >= 0.6 is 11.3 Å². The molecule has 4 rings (SSSR count). The molecule has 3 amide bonds. The predicted octanol–water partition coefficient (Wildman–Crippen LogP) is 2.12. The van der Waals surface area contributed by atoms with Crippen LogP contribution in [0.3, 0.4) is 0 Å². The minimum Gasteiger partial charge on any atom is -0.347 e. The monoisotopic (exact) mass is 357 g/mol. The fourth-order valence-electron chi connectivity index (χ4n) is 2.81. The Morgan fingerprint density at radius 1 is 1.32 bits per heavy atom. The topological polar surface area (TPSA) is 78.4 Å². The van der Waals surface area contributed by atoms with Crippen LogP contribution in [0.2, 0.25) is 0 Å². The van der Waals surface area contributed by atoms with Crippen molar-refractivity contribution in [3.8, 4) is 0 Å². The summed E-state index contributed by atoms with van der Waals surface area (Å²) in [6.45, 7) is 2.63. The number of nitrogens with one attached hydrogen (secondary N) is 1. The maximum atomic E-state index is 12.5. The summed E-state index contributed by atoms with van der Waals surface area (Å²) in [5, 5.41) is 3.44. The Bertz CT molecular complexity index is 774. The zero-order valence-corrected chi connectivity index (χ0v) is 14.5. The highest BCUT2D eigenvalue weighted by atomic mass is 32.1. The lowest BCUT2D eigenvalue weighted by Gasteiger charge is -2.16. The number of aromatic nitrogens is 2. The number of anilines is 1. The van der Waals surface area contributed by atoms with Gasteiger partial charge in [-0.2, -0.15) is 0 Å². The van der Waals surface area contributed by atoms with Crippen LogP contribution in [0.25, 0.3) is 0 Å². The molecule has 130 valence electrons. The minimum absolute atomic E-state index is 0.00330. The molecule has 1 N–H and O–H groups in total. The number of urea groups is 1. The number of amides is 3. The summed E-state index contributed by atoms with van der Waals surface area (Å²) in [5.74, 6) is 0.489. The molecule has 2 fully saturated rings. The second kappa shape index (κ2) is 6.79. The van der Waals surface area contributed by atoms with Gasteiger partial charge in [0.05, 0.1) is 6.20 Å². The van der Waals surface area contributed by atoms with E-state index in [0.717, 1.165) is 18.7 Å². The maximum absolute atomic E-state index is 12.5. The summed E-state index contributed by atoms with van der Waals surface area (Å²) in [6, 6.07) is 3.74. The standard InChI is InChI=1S/C17H19N5O2S/c23-15(19-9-13-2-1-5-18-8-13)14-10-20-16(25-14)22-7-6-21(17(22)24)11-12-3-4-12/h1-2,5,8,10,12H,3-4,6-7,9,11H2,(H,19,23). The Kier molecular flexibility index (Phi) is 4.35. The van der Waals surface area contributed by atoms with Crippen molar-refractivity contribution in [3.05, 3.63) is 41.2 Å². The molecule has 25 heavy (non-hydrogen) atoms. The molecule has 1 aliphatic carbocycles. The average molecular weight is 357 g/mol. The molecule has 0 unspecified atom stereocenters. The first-order valence-electron chi connectivity index (χ1n) is 8.40. The summed E-state index contributed by atoms with van der Waals surface area (Å²) >= 11 is 1.25. The number of thiazole rings is 1. The fourth-order valence-corrected chi connectivity index (χ4v) is 3.66. The minimum atomic E-state index is -0.186. The van der Waals surface area contributed by atoms with Crippen LogP contribution in [-0.4, -0.2) is 46.4 Å². The number of pyridine rings is 1. The van der Waals surface area contributed by atoms with Crippen molar-refractivity contribution in [2.45, 2.75) is 19.4 Å². The van der Waals surface area contributed by atoms with E-state index in [9.17, 15) is 9.59 Å². The number of nitrogens with zero attached hydrogens (tertiary/aromatic N) is 4. The SMILES string of the molecule is O=C(NCc1cccnc1)c1cnc(N2CCN(CC3CC3)C2=O)s1. The largest absolute Gasteiger partial charge is 0.347 e. The molecule has 1 aliphatic heterocycles. The Hall–Kier alpha value is -2.48. The first-order valence-corrected chi connectivity index (χ1v) is 9.22. The molecule has 7 nitrogen and oxygen atoms in total. The molecule has 3 heterocycles. The molecule has 8 heteroatoms. The van der Waals surface area contributed by atoms with Crippen molar-refractivity contribution in [1.82, 2.24) is 20.2 Å². The number of hydrogen-bond donors (Lipinski definition) is 1. The lowest BCUT2D eigenvalue weighted by atomic mass is 10.3. The van der Waals surface area contributed by atoms with Crippen LogP contribution in [0, 0.1) is 5.92 Å². The first-order chi connectivity index (χ1) is 12.2. The highest BCUT2D eigenvalue weighted by Gasteiger charge is 2.35. The maximum Gasteiger partial charge on any atom is 0.326 e. The summed E-state index contributed by atoms with van der Waals surface area (Å²) in [7, 11) is 0. The summed E-state index contributed by atoms with van der Waals surface area (Å²) in [5.41, 5.74) is 0.936. The zero-order valence-electron chi connectivity index (χ0n) is 13.7. The average Bonchev–Trinajstić information content (AvgIpc) is 3.19. The molecular formula is C17H19N5O2S. The van der Waals surface area contributed by atoms with Crippen LogP contribution in [0.15, 0.2) is 30.7 Å². The van der Waals surface area contributed by atoms with E-state index >= 15 is 0 Å². The lowest BCUT2D eigenvalue weighted by Crippen LogP contribution is -2.33. The molecule has 2 aromatic heterocycles. The molecule has 0 atom stereocenters. The van der Waals surface area contributed by atoms with Crippen molar-refractivity contribution in [3.63, 3.8) is 0 Å². The molecule has 2 aliphatic rings. The molecule has 2 aromatic rings. The summed E-state index contributed by atoms with van der Waals surface area (Å²) in [6.07, 6.45) is 7.40.